The van der Waals surface area contributed by atoms with Gasteiger partial charge in [0.15, 0.2) is 5.82 Å². The van der Waals surface area contributed by atoms with Crippen LogP contribution in [0.2, 0.25) is 0 Å². The molecule has 1 amide bonds. The minimum Gasteiger partial charge on any atom is -0.366 e. The summed E-state index contributed by atoms with van der Waals surface area (Å²) < 4.78 is 13.0. The molecule has 7 heteroatoms. The fourth-order valence-corrected chi connectivity index (χ4v) is 1.31. The summed E-state index contributed by atoms with van der Waals surface area (Å²) in [4.78, 5) is 20.3. The number of nitro groups is 1. The predicted octanol–water partition coefficient (Wildman–Crippen LogP) is 1.60. The van der Waals surface area contributed by atoms with Crippen LogP contribution in [-0.2, 0) is 0 Å². The minimum absolute atomic E-state index is 0.166. The van der Waals surface area contributed by atoms with Gasteiger partial charge in [0, 0.05) is 12.1 Å². The Hall–Kier alpha value is -1.50. The maximum Gasteiger partial charge on any atom is 0.271 e. The first-order valence-electron chi connectivity index (χ1n) is 3.36. The molecule has 0 atom stereocenters. The number of carbonyl (C=O) groups is 1. The molecule has 0 spiro atoms. The lowest BCUT2D eigenvalue weighted by atomic mass is 10.2. The number of carbonyl (C=O) groups excluding carboxylic acids is 1. The lowest BCUT2D eigenvalue weighted by Crippen LogP contribution is -2.13. The molecule has 1 rings (SSSR count). The molecule has 14 heavy (non-hydrogen) atoms. The second kappa shape index (κ2) is 3.70. The molecule has 0 heterocycles. The number of halogens is 2. The van der Waals surface area contributed by atoms with Crippen molar-refractivity contribution in [2.75, 3.05) is 0 Å². The number of hydrogen-bond donors (Lipinski definition) is 1. The van der Waals surface area contributed by atoms with E-state index in [2.05, 4.69) is 15.9 Å². The van der Waals surface area contributed by atoms with Crippen LogP contribution in [0.5, 0.6) is 0 Å². The van der Waals surface area contributed by atoms with E-state index in [0.29, 0.717) is 0 Å². The van der Waals surface area contributed by atoms with Crippen molar-refractivity contribution in [3.8, 4) is 0 Å². The van der Waals surface area contributed by atoms with E-state index in [4.69, 9.17) is 5.73 Å². The Kier molecular flexibility index (Phi) is 2.80. The van der Waals surface area contributed by atoms with Gasteiger partial charge < -0.3 is 5.73 Å². The number of hydrogen-bond acceptors (Lipinski definition) is 3. The monoisotopic (exact) mass is 262 g/mol. The van der Waals surface area contributed by atoms with Crippen LogP contribution in [0.3, 0.4) is 0 Å². The fraction of sp³-hybridized carbons (Fsp3) is 0. The molecule has 74 valence electrons. The summed E-state index contributed by atoms with van der Waals surface area (Å²) in [6, 6.07) is 1.75. The molecule has 2 N–H and O–H groups in total. The molecule has 0 unspecified atom stereocenters. The van der Waals surface area contributed by atoms with Crippen LogP contribution in [0.15, 0.2) is 16.6 Å². The predicted molar refractivity (Wildman–Crippen MR) is 49.3 cm³/mol. The molecule has 0 bridgehead atoms. The number of benzene rings is 1. The largest absolute Gasteiger partial charge is 0.366 e. The van der Waals surface area contributed by atoms with Crippen LogP contribution in [0.4, 0.5) is 10.1 Å². The van der Waals surface area contributed by atoms with Crippen LogP contribution in [0, 0.1) is 15.9 Å². The highest BCUT2D eigenvalue weighted by Crippen LogP contribution is 2.25. The van der Waals surface area contributed by atoms with Crippen LogP contribution >= 0.6 is 15.9 Å². The molecule has 0 aliphatic rings. The van der Waals surface area contributed by atoms with Gasteiger partial charge >= 0.3 is 0 Å². The second-order valence-corrected chi connectivity index (χ2v) is 3.26. The van der Waals surface area contributed by atoms with E-state index in [1.807, 2.05) is 0 Å². The van der Waals surface area contributed by atoms with Gasteiger partial charge in [-0.25, -0.2) is 4.39 Å². The molecule has 0 saturated heterocycles. The maximum absolute atomic E-state index is 13.1. The van der Waals surface area contributed by atoms with Gasteiger partial charge in [-0.2, -0.15) is 0 Å². The third kappa shape index (κ3) is 1.87. The van der Waals surface area contributed by atoms with Gasteiger partial charge in [-0.1, -0.05) is 0 Å². The summed E-state index contributed by atoms with van der Waals surface area (Å²) in [6.45, 7) is 0. The number of nitro benzene ring substituents is 1. The molecular weight excluding hydrogens is 259 g/mol. The second-order valence-electron chi connectivity index (χ2n) is 2.41. The Balaban J connectivity index is 3.43. The normalized spacial score (nSPS) is 9.86. The number of amides is 1. The lowest BCUT2D eigenvalue weighted by molar-refractivity contribution is -0.385. The summed E-state index contributed by atoms with van der Waals surface area (Å²) in [5, 5.41) is 10.3. The van der Waals surface area contributed by atoms with Crippen molar-refractivity contribution in [1.29, 1.82) is 0 Å². The maximum atomic E-state index is 13.1. The molecular formula is C7H4BrFN2O3. The SMILES string of the molecule is NC(=O)c1cc([N+](=O)[O-])cc(Br)c1F. The van der Waals surface area contributed by atoms with Crippen molar-refractivity contribution >= 4 is 27.5 Å². The average Bonchev–Trinajstić information content (AvgIpc) is 2.08. The average molecular weight is 263 g/mol. The summed E-state index contributed by atoms with van der Waals surface area (Å²) in [7, 11) is 0. The van der Waals surface area contributed by atoms with Crippen molar-refractivity contribution < 1.29 is 14.1 Å². The van der Waals surface area contributed by atoms with E-state index in [1.165, 1.54) is 0 Å². The van der Waals surface area contributed by atoms with Crippen LogP contribution < -0.4 is 5.73 Å². The molecule has 1 aromatic rings. The van der Waals surface area contributed by atoms with Gasteiger partial charge in [0.05, 0.1) is 15.0 Å². The standard InChI is InChI=1S/C7H4BrFN2O3/c8-5-2-3(11(13)14)1-4(6(5)9)7(10)12/h1-2H,(H2,10,12). The summed E-state index contributed by atoms with van der Waals surface area (Å²) in [6.07, 6.45) is 0. The molecule has 0 saturated carbocycles. The number of nitrogens with two attached hydrogens (primary N) is 1. The third-order valence-corrected chi connectivity index (χ3v) is 2.07. The van der Waals surface area contributed by atoms with Gasteiger partial charge in [-0.05, 0) is 15.9 Å². The smallest absolute Gasteiger partial charge is 0.271 e. The molecule has 0 fully saturated rings. The van der Waals surface area contributed by atoms with Crippen molar-refractivity contribution in [1.82, 2.24) is 0 Å². The molecule has 0 aliphatic heterocycles. The zero-order valence-electron chi connectivity index (χ0n) is 6.66. The van der Waals surface area contributed by atoms with Crippen molar-refractivity contribution in [3.05, 3.63) is 38.1 Å². The highest BCUT2D eigenvalue weighted by molar-refractivity contribution is 9.10. The van der Waals surface area contributed by atoms with Crippen molar-refractivity contribution in [2.24, 2.45) is 5.73 Å². The van der Waals surface area contributed by atoms with Crippen LogP contribution in [0.25, 0.3) is 0 Å². The van der Waals surface area contributed by atoms with Crippen LogP contribution in [0.1, 0.15) is 10.4 Å². The van der Waals surface area contributed by atoms with E-state index in [9.17, 15) is 19.3 Å². The number of rotatable bonds is 2. The van der Waals surface area contributed by atoms with Crippen molar-refractivity contribution in [3.63, 3.8) is 0 Å². The highest BCUT2D eigenvalue weighted by atomic mass is 79.9. The van der Waals surface area contributed by atoms with Crippen molar-refractivity contribution in [2.45, 2.75) is 0 Å². The topological polar surface area (TPSA) is 86.2 Å². The van der Waals surface area contributed by atoms with Gasteiger partial charge in [0.25, 0.3) is 11.6 Å². The van der Waals surface area contributed by atoms with E-state index < -0.39 is 27.9 Å². The quantitative estimate of drug-likeness (QED) is 0.649. The van der Waals surface area contributed by atoms with E-state index in [1.54, 1.807) is 0 Å². The van der Waals surface area contributed by atoms with E-state index in [0.717, 1.165) is 12.1 Å². The first-order chi connectivity index (χ1) is 6.43. The summed E-state index contributed by atoms with van der Waals surface area (Å²) in [5.74, 6) is -1.95. The molecule has 0 aliphatic carbocycles. The minimum atomic E-state index is -1.05. The number of non-ortho nitro benzene ring substituents is 1. The Bertz CT molecular complexity index is 422. The Morgan fingerprint density at radius 3 is 2.57 bits per heavy atom. The van der Waals surface area contributed by atoms with Gasteiger partial charge in [-0.3, -0.25) is 14.9 Å². The zero-order chi connectivity index (χ0) is 10.9. The van der Waals surface area contributed by atoms with Crippen LogP contribution in [-0.4, -0.2) is 10.8 Å². The molecule has 1 aromatic carbocycles. The van der Waals surface area contributed by atoms with Gasteiger partial charge in [0.2, 0.25) is 0 Å². The first-order valence-corrected chi connectivity index (χ1v) is 4.16. The molecule has 5 nitrogen and oxygen atoms in total. The first kappa shape index (κ1) is 10.6. The third-order valence-electron chi connectivity index (χ3n) is 1.49. The highest BCUT2D eigenvalue weighted by Gasteiger charge is 2.18. The van der Waals surface area contributed by atoms with Gasteiger partial charge in [0.1, 0.15) is 0 Å². The van der Waals surface area contributed by atoms with E-state index >= 15 is 0 Å². The zero-order valence-corrected chi connectivity index (χ0v) is 8.25. The Morgan fingerprint density at radius 1 is 1.57 bits per heavy atom. The number of primary amides is 1. The lowest BCUT2D eigenvalue weighted by Gasteiger charge is -2.00. The number of nitrogens with zero attached hydrogens (tertiary/aromatic N) is 1. The van der Waals surface area contributed by atoms with E-state index in [-0.39, 0.29) is 4.47 Å². The fourth-order valence-electron chi connectivity index (χ4n) is 0.859. The van der Waals surface area contributed by atoms with Gasteiger partial charge in [-0.15, -0.1) is 0 Å². The summed E-state index contributed by atoms with van der Waals surface area (Å²) >= 11 is 2.75. The summed E-state index contributed by atoms with van der Waals surface area (Å²) in [5.41, 5.74) is 3.93. The Labute approximate surface area is 86.0 Å². The molecule has 0 aromatic heterocycles. The molecule has 0 radical (unpaired) electrons. The Morgan fingerprint density at radius 2 is 2.14 bits per heavy atom.